The number of benzene rings is 6. The SMILES string of the molecule is O=C(Cl)c1ccc(OCc2ccccc2)c(OCc2ccccc2)c1.O=C(O)c1ccc(OCc2ccccc2)c(OCc2ccccc2)c1. The third-order valence-electron chi connectivity index (χ3n) is 7.31. The minimum atomic E-state index is -1.00. The maximum Gasteiger partial charge on any atom is 0.335 e. The second-order valence-corrected chi connectivity index (χ2v) is 11.3. The molecule has 0 atom stereocenters. The molecule has 50 heavy (non-hydrogen) atoms. The average Bonchev–Trinajstić information content (AvgIpc) is 3.16. The normalized spacial score (nSPS) is 10.3. The van der Waals surface area contributed by atoms with Crippen LogP contribution in [0.25, 0.3) is 0 Å². The molecule has 7 nitrogen and oxygen atoms in total. The summed E-state index contributed by atoms with van der Waals surface area (Å²) in [6.45, 7) is 1.51. The van der Waals surface area contributed by atoms with Crippen LogP contribution < -0.4 is 18.9 Å². The van der Waals surface area contributed by atoms with Gasteiger partial charge in [-0.15, -0.1) is 0 Å². The summed E-state index contributed by atoms with van der Waals surface area (Å²) in [5, 5.41) is 8.67. The fourth-order valence-corrected chi connectivity index (χ4v) is 4.79. The summed E-state index contributed by atoms with van der Waals surface area (Å²) >= 11 is 5.58. The maximum absolute atomic E-state index is 11.4. The van der Waals surface area contributed by atoms with E-state index in [9.17, 15) is 14.7 Å². The van der Waals surface area contributed by atoms with E-state index in [1.54, 1.807) is 24.3 Å². The van der Waals surface area contributed by atoms with E-state index in [0.717, 1.165) is 22.3 Å². The number of hydrogen-bond acceptors (Lipinski definition) is 6. The minimum absolute atomic E-state index is 0.162. The third-order valence-corrected chi connectivity index (χ3v) is 7.53. The van der Waals surface area contributed by atoms with Crippen LogP contribution in [-0.4, -0.2) is 16.3 Å². The van der Waals surface area contributed by atoms with Gasteiger partial charge in [-0.05, 0) is 70.3 Å². The Bertz CT molecular complexity index is 1810. The molecule has 0 aromatic heterocycles. The standard InChI is InChI=1S/C21H17ClO3.C21H18O4/c2*22-21(23)18-11-12-19(24-14-16-7-3-1-4-8-16)20(13-18)25-15-17-9-5-2-6-10-17/h1-13H,14-15H2;1-13H,14-15H2,(H,22,23). The molecule has 0 unspecified atom stereocenters. The number of carbonyl (C=O) groups is 2. The van der Waals surface area contributed by atoms with Crippen LogP contribution in [0.15, 0.2) is 158 Å². The molecule has 0 amide bonds. The van der Waals surface area contributed by atoms with E-state index in [1.165, 1.54) is 12.1 Å². The first-order valence-electron chi connectivity index (χ1n) is 15.8. The number of rotatable bonds is 14. The zero-order valence-corrected chi connectivity index (χ0v) is 27.9. The minimum Gasteiger partial charge on any atom is -0.485 e. The second-order valence-electron chi connectivity index (χ2n) is 11.0. The fourth-order valence-electron chi connectivity index (χ4n) is 4.68. The lowest BCUT2D eigenvalue weighted by atomic mass is 10.2. The van der Waals surface area contributed by atoms with Gasteiger partial charge in [0.2, 0.25) is 0 Å². The van der Waals surface area contributed by atoms with E-state index in [4.69, 9.17) is 30.5 Å². The number of halogens is 1. The van der Waals surface area contributed by atoms with Crippen molar-refractivity contribution in [1.82, 2.24) is 0 Å². The molecule has 6 rings (SSSR count). The van der Waals surface area contributed by atoms with Gasteiger partial charge in [-0.3, -0.25) is 4.79 Å². The van der Waals surface area contributed by atoms with Crippen molar-refractivity contribution >= 4 is 22.8 Å². The molecule has 0 bridgehead atoms. The Balaban J connectivity index is 0.000000194. The largest absolute Gasteiger partial charge is 0.485 e. The highest BCUT2D eigenvalue weighted by molar-refractivity contribution is 6.67. The van der Waals surface area contributed by atoms with Gasteiger partial charge in [-0.1, -0.05) is 121 Å². The monoisotopic (exact) mass is 686 g/mol. The van der Waals surface area contributed by atoms with Gasteiger partial charge >= 0.3 is 5.97 Å². The van der Waals surface area contributed by atoms with Gasteiger partial charge < -0.3 is 24.1 Å². The number of carboxylic acid groups (broad SMARTS) is 1. The molecule has 0 spiro atoms. The summed E-state index contributed by atoms with van der Waals surface area (Å²) < 4.78 is 23.4. The van der Waals surface area contributed by atoms with Gasteiger partial charge in [0, 0.05) is 5.56 Å². The van der Waals surface area contributed by atoms with Crippen LogP contribution in [0.2, 0.25) is 0 Å². The molecule has 0 saturated heterocycles. The summed E-state index contributed by atoms with van der Waals surface area (Å²) in [4.78, 5) is 22.7. The van der Waals surface area contributed by atoms with Crippen LogP contribution in [0.1, 0.15) is 43.0 Å². The van der Waals surface area contributed by atoms with Crippen molar-refractivity contribution in [3.05, 3.63) is 191 Å². The van der Waals surface area contributed by atoms with Crippen LogP contribution in [0.5, 0.6) is 23.0 Å². The lowest BCUT2D eigenvalue weighted by Gasteiger charge is -2.14. The summed E-state index contributed by atoms with van der Waals surface area (Å²) in [6.07, 6.45) is 0. The number of hydrogen-bond donors (Lipinski definition) is 1. The number of carboxylic acids is 1. The van der Waals surface area contributed by atoms with E-state index in [-0.39, 0.29) is 5.56 Å². The Morgan fingerprint density at radius 2 is 0.720 bits per heavy atom. The van der Waals surface area contributed by atoms with E-state index in [0.29, 0.717) is 55.0 Å². The Morgan fingerprint density at radius 3 is 1.04 bits per heavy atom. The molecule has 6 aromatic rings. The van der Waals surface area contributed by atoms with Crippen LogP contribution in [0.4, 0.5) is 0 Å². The smallest absolute Gasteiger partial charge is 0.335 e. The predicted molar refractivity (Wildman–Crippen MR) is 193 cm³/mol. The van der Waals surface area contributed by atoms with Gasteiger partial charge in [0.25, 0.3) is 5.24 Å². The van der Waals surface area contributed by atoms with E-state index >= 15 is 0 Å². The highest BCUT2D eigenvalue weighted by Crippen LogP contribution is 2.31. The summed E-state index contributed by atoms with van der Waals surface area (Å²) in [6, 6.07) is 48.7. The molecule has 0 radical (unpaired) electrons. The fraction of sp³-hybridized carbons (Fsp3) is 0.0952. The Labute approximate surface area is 296 Å². The molecule has 0 aliphatic heterocycles. The number of ether oxygens (including phenoxy) is 4. The van der Waals surface area contributed by atoms with Crippen molar-refractivity contribution < 1.29 is 33.6 Å². The van der Waals surface area contributed by atoms with Crippen molar-refractivity contribution in [2.45, 2.75) is 26.4 Å². The van der Waals surface area contributed by atoms with Gasteiger partial charge in [-0.2, -0.15) is 0 Å². The van der Waals surface area contributed by atoms with Crippen molar-refractivity contribution in [3.63, 3.8) is 0 Å². The molecule has 0 saturated carbocycles. The first-order chi connectivity index (χ1) is 24.4. The highest BCUT2D eigenvalue weighted by atomic mass is 35.5. The van der Waals surface area contributed by atoms with E-state index in [1.807, 2.05) is 121 Å². The molecule has 0 heterocycles. The molecule has 6 aromatic carbocycles. The quantitative estimate of drug-likeness (QED) is 0.114. The lowest BCUT2D eigenvalue weighted by Crippen LogP contribution is -2.03. The molecule has 1 N–H and O–H groups in total. The Morgan fingerprint density at radius 1 is 0.420 bits per heavy atom. The summed E-state index contributed by atoms with van der Waals surface area (Å²) in [7, 11) is 0. The number of carbonyl (C=O) groups excluding carboxylic acids is 1. The summed E-state index contributed by atoms with van der Waals surface area (Å²) in [5.41, 5.74) is 4.64. The van der Waals surface area contributed by atoms with Gasteiger partial charge in [-0.25, -0.2) is 4.79 Å². The Hall–Kier alpha value is -6.05. The van der Waals surface area contributed by atoms with Crippen molar-refractivity contribution in [2.24, 2.45) is 0 Å². The third kappa shape index (κ3) is 11.0. The van der Waals surface area contributed by atoms with Crippen molar-refractivity contribution in [3.8, 4) is 23.0 Å². The molecule has 0 fully saturated rings. The topological polar surface area (TPSA) is 91.3 Å². The molecule has 8 heteroatoms. The first kappa shape index (κ1) is 35.3. The average molecular weight is 687 g/mol. The molecular formula is C42H35ClO7. The van der Waals surface area contributed by atoms with Crippen molar-refractivity contribution in [2.75, 3.05) is 0 Å². The first-order valence-corrected chi connectivity index (χ1v) is 16.2. The number of aromatic carboxylic acids is 1. The van der Waals surface area contributed by atoms with E-state index in [2.05, 4.69) is 0 Å². The molecule has 252 valence electrons. The second kappa shape index (κ2) is 18.5. The zero-order chi connectivity index (χ0) is 35.0. The Kier molecular flexibility index (Phi) is 13.0. The van der Waals surface area contributed by atoms with Gasteiger partial charge in [0.1, 0.15) is 26.4 Å². The van der Waals surface area contributed by atoms with Crippen LogP contribution in [-0.2, 0) is 26.4 Å². The van der Waals surface area contributed by atoms with Crippen LogP contribution in [0, 0.1) is 0 Å². The van der Waals surface area contributed by atoms with Crippen molar-refractivity contribution in [1.29, 1.82) is 0 Å². The maximum atomic E-state index is 11.4. The summed E-state index contributed by atoms with van der Waals surface area (Å²) in [5.74, 6) is 0.997. The lowest BCUT2D eigenvalue weighted by molar-refractivity contribution is 0.0696. The molecule has 0 aliphatic carbocycles. The molecular weight excluding hydrogens is 652 g/mol. The molecule has 0 aliphatic rings. The van der Waals surface area contributed by atoms with Crippen LogP contribution >= 0.6 is 11.6 Å². The van der Waals surface area contributed by atoms with Crippen LogP contribution in [0.3, 0.4) is 0 Å². The van der Waals surface area contributed by atoms with Gasteiger partial charge in [0.15, 0.2) is 23.0 Å². The van der Waals surface area contributed by atoms with Gasteiger partial charge in [0.05, 0.1) is 5.56 Å². The predicted octanol–water partition coefficient (Wildman–Crippen LogP) is 9.77. The highest BCUT2D eigenvalue weighted by Gasteiger charge is 2.13. The zero-order valence-electron chi connectivity index (χ0n) is 27.1. The van der Waals surface area contributed by atoms with E-state index < -0.39 is 11.2 Å².